The molecule has 1 aliphatic rings. The number of aryl methyl sites for hydroxylation is 1. The minimum absolute atomic E-state index is 0.0328. The summed E-state index contributed by atoms with van der Waals surface area (Å²) in [5.74, 6) is -0.781. The Kier molecular flexibility index (Phi) is 3.02. The Morgan fingerprint density at radius 2 is 2.30 bits per heavy atom. The van der Waals surface area contributed by atoms with Crippen LogP contribution in [0.25, 0.3) is 0 Å². The number of benzene rings is 1. The summed E-state index contributed by atoms with van der Waals surface area (Å²) in [7, 11) is 1.74. The molecule has 20 heavy (non-hydrogen) atoms. The Morgan fingerprint density at radius 1 is 1.55 bits per heavy atom. The van der Waals surface area contributed by atoms with Crippen molar-refractivity contribution >= 4 is 11.6 Å². The van der Waals surface area contributed by atoms with Gasteiger partial charge in [-0.25, -0.2) is 4.39 Å². The smallest absolute Gasteiger partial charge is 0.258 e. The van der Waals surface area contributed by atoms with Gasteiger partial charge in [-0.05, 0) is 24.1 Å². The van der Waals surface area contributed by atoms with Gasteiger partial charge in [-0.1, -0.05) is 6.07 Å². The molecule has 6 heteroatoms. The lowest BCUT2D eigenvalue weighted by Gasteiger charge is -2.06. The molecule has 2 atom stereocenters. The molecule has 104 valence electrons. The van der Waals surface area contributed by atoms with E-state index in [2.05, 4.69) is 10.4 Å². The van der Waals surface area contributed by atoms with E-state index >= 15 is 0 Å². The number of nitrogens with one attached hydrogen (secondary N) is 1. The van der Waals surface area contributed by atoms with Crippen molar-refractivity contribution in [1.29, 1.82) is 0 Å². The van der Waals surface area contributed by atoms with Crippen LogP contribution in [0, 0.1) is 5.82 Å². The number of carbonyl (C=O) groups excluding carboxylic acids is 1. The molecule has 1 saturated carbocycles. The van der Waals surface area contributed by atoms with Gasteiger partial charge < -0.3 is 11.1 Å². The van der Waals surface area contributed by atoms with Crippen LogP contribution in [0.4, 0.5) is 10.1 Å². The van der Waals surface area contributed by atoms with E-state index in [4.69, 9.17) is 5.73 Å². The van der Waals surface area contributed by atoms with Gasteiger partial charge in [-0.2, -0.15) is 5.10 Å². The molecule has 1 aliphatic carbocycles. The van der Waals surface area contributed by atoms with Crippen LogP contribution in [-0.2, 0) is 7.05 Å². The van der Waals surface area contributed by atoms with E-state index in [9.17, 15) is 9.18 Å². The number of hydrogen-bond acceptors (Lipinski definition) is 3. The molecule has 0 aliphatic heterocycles. The van der Waals surface area contributed by atoms with Gasteiger partial charge in [-0.3, -0.25) is 9.48 Å². The fourth-order valence-electron chi connectivity index (χ4n) is 2.23. The maximum Gasteiger partial charge on any atom is 0.258 e. The summed E-state index contributed by atoms with van der Waals surface area (Å²) in [5.41, 5.74) is 7.26. The number of hydrogen-bond donors (Lipinski definition) is 2. The molecule has 1 heterocycles. The van der Waals surface area contributed by atoms with Crippen LogP contribution >= 0.6 is 0 Å². The minimum Gasteiger partial charge on any atom is -0.327 e. The maximum atomic E-state index is 13.8. The number of halogens is 1. The normalized spacial score (nSPS) is 20.8. The van der Waals surface area contributed by atoms with Gasteiger partial charge in [0.1, 0.15) is 5.82 Å². The molecular weight excluding hydrogens is 259 g/mol. The number of anilines is 1. The summed E-state index contributed by atoms with van der Waals surface area (Å²) in [6.07, 6.45) is 4.04. The summed E-state index contributed by atoms with van der Waals surface area (Å²) < 4.78 is 15.4. The zero-order chi connectivity index (χ0) is 14.3. The number of aromatic nitrogens is 2. The largest absolute Gasteiger partial charge is 0.327 e. The lowest BCUT2D eigenvalue weighted by Crippen LogP contribution is -2.14. The van der Waals surface area contributed by atoms with E-state index < -0.39 is 11.7 Å². The Morgan fingerprint density at radius 3 is 2.90 bits per heavy atom. The summed E-state index contributed by atoms with van der Waals surface area (Å²) in [4.78, 5) is 12.1. The molecule has 1 amide bonds. The first kappa shape index (κ1) is 12.8. The van der Waals surface area contributed by atoms with Crippen molar-refractivity contribution in [3.8, 4) is 0 Å². The van der Waals surface area contributed by atoms with Crippen LogP contribution in [0.2, 0.25) is 0 Å². The van der Waals surface area contributed by atoms with E-state index in [0.29, 0.717) is 5.69 Å². The van der Waals surface area contributed by atoms with Crippen LogP contribution in [0.3, 0.4) is 0 Å². The second-order valence-corrected chi connectivity index (χ2v) is 5.10. The van der Waals surface area contributed by atoms with Gasteiger partial charge in [0.2, 0.25) is 0 Å². The van der Waals surface area contributed by atoms with Crippen molar-refractivity contribution in [1.82, 2.24) is 9.78 Å². The predicted octanol–water partition coefficient (Wildman–Crippen LogP) is 1.63. The number of nitrogens with zero attached hydrogens (tertiary/aromatic N) is 2. The van der Waals surface area contributed by atoms with Crippen LogP contribution in [-0.4, -0.2) is 21.7 Å². The van der Waals surface area contributed by atoms with E-state index in [1.807, 2.05) is 0 Å². The number of rotatable bonds is 3. The maximum absolute atomic E-state index is 13.8. The molecule has 5 nitrogen and oxygen atoms in total. The van der Waals surface area contributed by atoms with Gasteiger partial charge in [0.15, 0.2) is 0 Å². The molecule has 1 fully saturated rings. The average Bonchev–Trinajstić information content (AvgIpc) is 2.99. The van der Waals surface area contributed by atoms with E-state index in [-0.39, 0.29) is 17.5 Å². The van der Waals surface area contributed by atoms with Crippen LogP contribution < -0.4 is 11.1 Å². The lowest BCUT2D eigenvalue weighted by atomic mass is 10.1. The van der Waals surface area contributed by atoms with Crippen LogP contribution in [0.1, 0.15) is 28.3 Å². The number of amides is 1. The molecule has 0 spiro atoms. The fourth-order valence-corrected chi connectivity index (χ4v) is 2.23. The van der Waals surface area contributed by atoms with Crippen molar-refractivity contribution in [3.05, 3.63) is 47.5 Å². The quantitative estimate of drug-likeness (QED) is 0.893. The number of nitrogens with two attached hydrogens (primary N) is 1. The molecule has 0 unspecified atom stereocenters. The summed E-state index contributed by atoms with van der Waals surface area (Å²) in [6.45, 7) is 0. The molecule has 1 aromatic heterocycles. The molecular formula is C14H15FN4O. The molecule has 3 N–H and O–H groups in total. The van der Waals surface area contributed by atoms with Gasteiger partial charge in [0.05, 0.1) is 17.4 Å². The van der Waals surface area contributed by atoms with Crippen molar-refractivity contribution in [2.24, 2.45) is 12.8 Å². The van der Waals surface area contributed by atoms with Crippen molar-refractivity contribution in [2.75, 3.05) is 5.32 Å². The first-order valence-electron chi connectivity index (χ1n) is 6.39. The zero-order valence-corrected chi connectivity index (χ0v) is 11.0. The Balaban J connectivity index is 1.83. The van der Waals surface area contributed by atoms with Crippen LogP contribution in [0.5, 0.6) is 0 Å². The topological polar surface area (TPSA) is 72.9 Å². The molecule has 0 bridgehead atoms. The second-order valence-electron chi connectivity index (χ2n) is 5.10. The highest BCUT2D eigenvalue weighted by molar-refractivity contribution is 6.04. The third-order valence-corrected chi connectivity index (χ3v) is 3.47. The number of carbonyl (C=O) groups is 1. The summed E-state index contributed by atoms with van der Waals surface area (Å²) >= 11 is 0. The molecule has 0 radical (unpaired) electrons. The van der Waals surface area contributed by atoms with E-state index in [1.165, 1.54) is 12.3 Å². The van der Waals surface area contributed by atoms with Crippen molar-refractivity contribution in [2.45, 2.75) is 18.4 Å². The highest BCUT2D eigenvalue weighted by Gasteiger charge is 2.35. The predicted molar refractivity (Wildman–Crippen MR) is 72.9 cm³/mol. The highest BCUT2D eigenvalue weighted by atomic mass is 19.1. The Hall–Kier alpha value is -2.21. The Bertz CT molecular complexity index is 667. The van der Waals surface area contributed by atoms with Gasteiger partial charge in [0.25, 0.3) is 5.91 Å². The van der Waals surface area contributed by atoms with Crippen molar-refractivity contribution < 1.29 is 9.18 Å². The third kappa shape index (κ3) is 2.42. The highest BCUT2D eigenvalue weighted by Crippen LogP contribution is 2.39. The Labute approximate surface area is 115 Å². The standard InChI is InChI=1S/C14H15FN4O/c1-19-7-9(6-17-19)18-14(20)11-4-8(2-3-12(11)15)10-5-13(10)16/h2-4,6-7,10,13H,5,16H2,1H3,(H,18,20)/t10-,13+/m0/s1. The van der Waals surface area contributed by atoms with Gasteiger partial charge in [-0.15, -0.1) is 0 Å². The third-order valence-electron chi connectivity index (χ3n) is 3.47. The SMILES string of the molecule is Cn1cc(NC(=O)c2cc([C@@H]3C[C@H]3N)ccc2F)cn1. The zero-order valence-electron chi connectivity index (χ0n) is 11.0. The van der Waals surface area contributed by atoms with Crippen molar-refractivity contribution in [3.63, 3.8) is 0 Å². The van der Waals surface area contributed by atoms with E-state index in [0.717, 1.165) is 12.0 Å². The summed E-state index contributed by atoms with van der Waals surface area (Å²) in [5, 5.41) is 6.57. The van der Waals surface area contributed by atoms with Crippen LogP contribution in [0.15, 0.2) is 30.6 Å². The van der Waals surface area contributed by atoms with Gasteiger partial charge in [0, 0.05) is 25.2 Å². The molecule has 0 saturated heterocycles. The molecule has 1 aromatic carbocycles. The monoisotopic (exact) mass is 274 g/mol. The average molecular weight is 274 g/mol. The molecule has 2 aromatic rings. The minimum atomic E-state index is -0.538. The van der Waals surface area contributed by atoms with E-state index in [1.54, 1.807) is 30.1 Å². The lowest BCUT2D eigenvalue weighted by molar-refractivity contribution is 0.102. The van der Waals surface area contributed by atoms with Gasteiger partial charge >= 0.3 is 0 Å². The second kappa shape index (κ2) is 4.72. The first-order valence-corrected chi connectivity index (χ1v) is 6.39. The summed E-state index contributed by atoms with van der Waals surface area (Å²) in [6, 6.07) is 4.71. The first-order chi connectivity index (χ1) is 9.54. The fraction of sp³-hybridized carbons (Fsp3) is 0.286. The molecule has 3 rings (SSSR count).